The number of carbonyl (C=O) groups is 2. The van der Waals surface area contributed by atoms with Gasteiger partial charge in [0, 0.05) is 43.3 Å². The lowest BCUT2D eigenvalue weighted by atomic mass is 10.1. The molecule has 0 radical (unpaired) electrons. The fraction of sp³-hybridized carbons (Fsp3) is 0.467. The molecule has 124 valence electrons. The van der Waals surface area contributed by atoms with Crippen LogP contribution in [-0.2, 0) is 4.74 Å². The number of benzene rings is 1. The van der Waals surface area contributed by atoms with Crippen molar-refractivity contribution in [3.63, 3.8) is 0 Å². The first kappa shape index (κ1) is 16.9. The maximum absolute atomic E-state index is 12.5. The van der Waals surface area contributed by atoms with Gasteiger partial charge in [0.05, 0.1) is 17.1 Å². The van der Waals surface area contributed by atoms with Gasteiger partial charge in [-0.15, -0.1) is 0 Å². The average molecular weight is 322 g/mol. The second-order valence-corrected chi connectivity index (χ2v) is 5.40. The molecule has 0 aliphatic carbocycles. The molecule has 1 aliphatic heterocycles. The third-order valence-corrected chi connectivity index (χ3v) is 3.75. The van der Waals surface area contributed by atoms with Gasteiger partial charge in [0.1, 0.15) is 0 Å². The summed E-state index contributed by atoms with van der Waals surface area (Å²) in [4.78, 5) is 35.4. The molecule has 1 heterocycles. The van der Waals surface area contributed by atoms with Crippen molar-refractivity contribution in [2.24, 2.45) is 5.92 Å². The lowest BCUT2D eigenvalue weighted by molar-refractivity contribution is -0.384. The number of amides is 1. The number of nitro groups is 1. The van der Waals surface area contributed by atoms with Crippen molar-refractivity contribution in [1.82, 2.24) is 4.90 Å². The van der Waals surface area contributed by atoms with Gasteiger partial charge in [-0.2, -0.15) is 0 Å². The molecule has 1 fully saturated rings. The summed E-state index contributed by atoms with van der Waals surface area (Å²) in [6.07, 6.45) is 0.798. The number of nitro benzene ring substituents is 1. The molecule has 8 heteroatoms. The maximum Gasteiger partial charge on any atom is 0.335 e. The number of hydrogen-bond donors (Lipinski definition) is 1. The highest BCUT2D eigenvalue weighted by Crippen LogP contribution is 2.23. The number of ether oxygens (including phenoxy) is 1. The number of aromatic carboxylic acids is 1. The number of nitrogens with zero attached hydrogens (tertiary/aromatic N) is 2. The second-order valence-electron chi connectivity index (χ2n) is 5.40. The largest absolute Gasteiger partial charge is 0.478 e. The van der Waals surface area contributed by atoms with E-state index in [1.165, 1.54) is 6.07 Å². The van der Waals surface area contributed by atoms with Gasteiger partial charge in [0.25, 0.3) is 11.6 Å². The van der Waals surface area contributed by atoms with E-state index >= 15 is 0 Å². The van der Waals surface area contributed by atoms with E-state index in [4.69, 9.17) is 9.84 Å². The lowest BCUT2D eigenvalue weighted by Gasteiger charge is -2.17. The van der Waals surface area contributed by atoms with E-state index in [-0.39, 0.29) is 17.0 Å². The van der Waals surface area contributed by atoms with Gasteiger partial charge in [-0.3, -0.25) is 14.9 Å². The van der Waals surface area contributed by atoms with Gasteiger partial charge in [0.15, 0.2) is 0 Å². The molecule has 0 aromatic heterocycles. The van der Waals surface area contributed by atoms with Crippen LogP contribution in [0.4, 0.5) is 5.69 Å². The minimum absolute atomic E-state index is 0.0219. The lowest BCUT2D eigenvalue weighted by Crippen LogP contribution is -2.29. The normalized spacial score (nSPS) is 17.3. The standard InChI is InChI=1S/C15H18N2O6/c1-2-23-9-10-3-4-16(8-10)14(18)11-5-12(15(19)20)7-13(6-11)17(21)22/h5-7,10H,2-4,8-9H2,1H3,(H,19,20). The summed E-state index contributed by atoms with van der Waals surface area (Å²) in [7, 11) is 0. The van der Waals surface area contributed by atoms with Gasteiger partial charge >= 0.3 is 5.97 Å². The predicted molar refractivity (Wildman–Crippen MR) is 80.6 cm³/mol. The molecule has 0 bridgehead atoms. The zero-order chi connectivity index (χ0) is 17.0. The molecular formula is C15H18N2O6. The molecule has 1 saturated heterocycles. The van der Waals surface area contributed by atoms with E-state index in [0.717, 1.165) is 18.6 Å². The molecular weight excluding hydrogens is 304 g/mol. The van der Waals surface area contributed by atoms with Crippen LogP contribution in [0.3, 0.4) is 0 Å². The Balaban J connectivity index is 2.19. The molecule has 2 rings (SSSR count). The van der Waals surface area contributed by atoms with Crippen LogP contribution in [0.15, 0.2) is 18.2 Å². The van der Waals surface area contributed by atoms with Crippen LogP contribution < -0.4 is 0 Å². The quantitative estimate of drug-likeness (QED) is 0.631. The summed E-state index contributed by atoms with van der Waals surface area (Å²) in [5.74, 6) is -1.47. The summed E-state index contributed by atoms with van der Waals surface area (Å²) in [6.45, 7) is 4.10. The Labute approximate surface area is 132 Å². The summed E-state index contributed by atoms with van der Waals surface area (Å²) in [6, 6.07) is 3.24. The van der Waals surface area contributed by atoms with E-state index in [9.17, 15) is 19.7 Å². The van der Waals surface area contributed by atoms with Crippen LogP contribution in [-0.4, -0.2) is 53.1 Å². The number of carboxylic acids is 1. The van der Waals surface area contributed by atoms with E-state index < -0.39 is 22.5 Å². The van der Waals surface area contributed by atoms with Crippen molar-refractivity contribution >= 4 is 17.6 Å². The first-order valence-corrected chi connectivity index (χ1v) is 7.32. The number of likely N-dealkylation sites (tertiary alicyclic amines) is 1. The van der Waals surface area contributed by atoms with Crippen molar-refractivity contribution in [3.05, 3.63) is 39.4 Å². The molecule has 23 heavy (non-hydrogen) atoms. The number of carboxylic acid groups (broad SMARTS) is 1. The number of hydrogen-bond acceptors (Lipinski definition) is 5. The minimum atomic E-state index is -1.31. The molecule has 1 aromatic rings. The van der Waals surface area contributed by atoms with Crippen molar-refractivity contribution in [1.29, 1.82) is 0 Å². The van der Waals surface area contributed by atoms with E-state index in [1.807, 2.05) is 6.92 Å². The summed E-state index contributed by atoms with van der Waals surface area (Å²) in [5, 5.41) is 20.0. The third-order valence-electron chi connectivity index (χ3n) is 3.75. The van der Waals surface area contributed by atoms with Crippen LogP contribution in [0.25, 0.3) is 0 Å². The maximum atomic E-state index is 12.5. The van der Waals surface area contributed by atoms with Crippen molar-refractivity contribution in [3.8, 4) is 0 Å². The van der Waals surface area contributed by atoms with Gasteiger partial charge in [0.2, 0.25) is 0 Å². The summed E-state index contributed by atoms with van der Waals surface area (Å²) < 4.78 is 5.35. The minimum Gasteiger partial charge on any atom is -0.478 e. The smallest absolute Gasteiger partial charge is 0.335 e. The zero-order valence-corrected chi connectivity index (χ0v) is 12.7. The van der Waals surface area contributed by atoms with Crippen LogP contribution in [0.5, 0.6) is 0 Å². The van der Waals surface area contributed by atoms with Gasteiger partial charge in [-0.1, -0.05) is 0 Å². The van der Waals surface area contributed by atoms with Gasteiger partial charge in [-0.05, 0) is 19.4 Å². The zero-order valence-electron chi connectivity index (χ0n) is 12.7. The topological polar surface area (TPSA) is 110 Å². The Bertz CT molecular complexity index is 598. The fourth-order valence-electron chi connectivity index (χ4n) is 2.58. The Morgan fingerprint density at radius 3 is 2.70 bits per heavy atom. The van der Waals surface area contributed by atoms with E-state index in [1.54, 1.807) is 4.90 Å². The Morgan fingerprint density at radius 1 is 1.39 bits per heavy atom. The van der Waals surface area contributed by atoms with Crippen LogP contribution in [0.1, 0.15) is 34.1 Å². The van der Waals surface area contributed by atoms with Crippen molar-refractivity contribution in [2.75, 3.05) is 26.3 Å². The van der Waals surface area contributed by atoms with Gasteiger partial charge < -0.3 is 14.7 Å². The van der Waals surface area contributed by atoms with Crippen LogP contribution in [0, 0.1) is 16.0 Å². The SMILES string of the molecule is CCOCC1CCN(C(=O)c2cc(C(=O)O)cc([N+](=O)[O-])c2)C1. The molecule has 1 amide bonds. The Hall–Kier alpha value is -2.48. The van der Waals surface area contributed by atoms with E-state index in [0.29, 0.717) is 26.3 Å². The highest BCUT2D eigenvalue weighted by Gasteiger charge is 2.28. The first-order chi connectivity index (χ1) is 10.9. The Morgan fingerprint density at radius 2 is 2.09 bits per heavy atom. The third kappa shape index (κ3) is 4.04. The predicted octanol–water partition coefficient (Wildman–Crippen LogP) is 1.79. The van der Waals surface area contributed by atoms with Crippen LogP contribution in [0.2, 0.25) is 0 Å². The highest BCUT2D eigenvalue weighted by molar-refractivity contribution is 5.98. The number of rotatable bonds is 6. The molecule has 0 spiro atoms. The summed E-state index contributed by atoms with van der Waals surface area (Å²) >= 11 is 0. The molecule has 8 nitrogen and oxygen atoms in total. The molecule has 1 N–H and O–H groups in total. The van der Waals surface area contributed by atoms with Crippen LogP contribution >= 0.6 is 0 Å². The average Bonchev–Trinajstić information content (AvgIpc) is 3.00. The molecule has 0 saturated carbocycles. The molecule has 1 unspecified atom stereocenters. The van der Waals surface area contributed by atoms with E-state index in [2.05, 4.69) is 0 Å². The number of non-ortho nitro benzene ring substituents is 1. The molecule has 1 aromatic carbocycles. The van der Waals surface area contributed by atoms with Crippen molar-refractivity contribution < 1.29 is 24.4 Å². The molecule has 1 atom stereocenters. The second kappa shape index (κ2) is 7.19. The number of carbonyl (C=O) groups excluding carboxylic acids is 1. The summed E-state index contributed by atoms with van der Waals surface area (Å²) in [5.41, 5.74) is -0.653. The van der Waals surface area contributed by atoms with Gasteiger partial charge in [-0.25, -0.2) is 4.79 Å². The highest BCUT2D eigenvalue weighted by atomic mass is 16.6. The van der Waals surface area contributed by atoms with Crippen molar-refractivity contribution in [2.45, 2.75) is 13.3 Å². The first-order valence-electron chi connectivity index (χ1n) is 7.32. The fourth-order valence-corrected chi connectivity index (χ4v) is 2.58. The monoisotopic (exact) mass is 322 g/mol. The Kier molecular flexibility index (Phi) is 5.28. The molecule has 1 aliphatic rings.